The summed E-state index contributed by atoms with van der Waals surface area (Å²) in [5.74, 6) is 2.20. The van der Waals surface area contributed by atoms with Crippen molar-refractivity contribution in [1.82, 2.24) is 15.2 Å². The Kier molecular flexibility index (Phi) is 4.11. The monoisotopic (exact) mass is 342 g/mol. The predicted octanol–water partition coefficient (Wildman–Crippen LogP) is 2.82. The van der Waals surface area contributed by atoms with Crippen molar-refractivity contribution in [2.75, 3.05) is 25.3 Å². The molecule has 3 heterocycles. The average molecular weight is 342 g/mol. The Hall–Kier alpha value is -2.87. The first kappa shape index (κ1) is 14.7. The zero-order chi connectivity index (χ0) is 16.2. The van der Waals surface area contributed by atoms with E-state index in [-0.39, 0.29) is 6.79 Å². The smallest absolute Gasteiger partial charge is 0.231 e. The molecular formula is C16H14N4O3S. The maximum atomic E-state index is 5.69. The molecule has 0 atom stereocenters. The summed E-state index contributed by atoms with van der Waals surface area (Å²) in [4.78, 5) is 4.26. The van der Waals surface area contributed by atoms with E-state index >= 15 is 0 Å². The van der Waals surface area contributed by atoms with Crippen LogP contribution >= 0.6 is 11.3 Å². The molecule has 0 spiro atoms. The van der Waals surface area contributed by atoms with Gasteiger partial charge in [0, 0.05) is 12.3 Å². The van der Waals surface area contributed by atoms with Crippen molar-refractivity contribution in [2.45, 2.75) is 0 Å². The van der Waals surface area contributed by atoms with Gasteiger partial charge in [-0.15, -0.1) is 10.2 Å². The van der Waals surface area contributed by atoms with Crippen LogP contribution < -0.4 is 19.5 Å². The summed E-state index contributed by atoms with van der Waals surface area (Å²) in [6, 6.07) is 11.2. The molecule has 0 aliphatic carbocycles. The van der Waals surface area contributed by atoms with E-state index in [4.69, 9.17) is 14.2 Å². The lowest BCUT2D eigenvalue weighted by molar-refractivity contribution is 0.174. The molecule has 1 N–H and O–H groups in total. The van der Waals surface area contributed by atoms with Gasteiger partial charge in [-0.2, -0.15) is 0 Å². The first-order valence-corrected chi connectivity index (χ1v) is 8.21. The van der Waals surface area contributed by atoms with Gasteiger partial charge >= 0.3 is 0 Å². The molecule has 2 aromatic heterocycles. The van der Waals surface area contributed by atoms with Gasteiger partial charge in [0.05, 0.1) is 6.54 Å². The lowest BCUT2D eigenvalue weighted by Crippen LogP contribution is -2.11. The van der Waals surface area contributed by atoms with Crippen molar-refractivity contribution in [3.8, 4) is 28.0 Å². The highest BCUT2D eigenvalue weighted by molar-refractivity contribution is 7.18. The quantitative estimate of drug-likeness (QED) is 0.690. The van der Waals surface area contributed by atoms with E-state index in [0.29, 0.717) is 18.9 Å². The Balaban J connectivity index is 1.28. The Bertz CT molecular complexity index is 825. The second-order valence-electron chi connectivity index (χ2n) is 4.92. The van der Waals surface area contributed by atoms with Gasteiger partial charge in [0.15, 0.2) is 16.5 Å². The SMILES string of the molecule is c1ccc(-c2nnc(NCCOc3ccc4c(c3)OCO4)s2)nc1. The van der Waals surface area contributed by atoms with E-state index < -0.39 is 0 Å². The molecule has 122 valence electrons. The van der Waals surface area contributed by atoms with Crippen LogP contribution in [0.1, 0.15) is 0 Å². The molecule has 0 unspecified atom stereocenters. The minimum absolute atomic E-state index is 0.260. The Labute approximate surface area is 142 Å². The first-order chi connectivity index (χ1) is 11.9. The predicted molar refractivity (Wildman–Crippen MR) is 89.7 cm³/mol. The highest BCUT2D eigenvalue weighted by Crippen LogP contribution is 2.35. The third-order valence-electron chi connectivity index (χ3n) is 3.30. The fraction of sp³-hybridized carbons (Fsp3) is 0.188. The fourth-order valence-electron chi connectivity index (χ4n) is 2.18. The largest absolute Gasteiger partial charge is 0.492 e. The van der Waals surface area contributed by atoms with Gasteiger partial charge in [0.1, 0.15) is 18.1 Å². The van der Waals surface area contributed by atoms with Crippen LogP contribution in [0.4, 0.5) is 5.13 Å². The molecule has 0 fully saturated rings. The molecule has 8 heteroatoms. The molecule has 0 radical (unpaired) electrons. The third-order valence-corrected chi connectivity index (χ3v) is 4.20. The molecule has 7 nitrogen and oxygen atoms in total. The van der Waals surface area contributed by atoms with Crippen molar-refractivity contribution in [3.05, 3.63) is 42.6 Å². The Morgan fingerprint density at radius 1 is 1.12 bits per heavy atom. The fourth-order valence-corrected chi connectivity index (χ4v) is 2.93. The number of pyridine rings is 1. The third kappa shape index (κ3) is 3.23. The topological polar surface area (TPSA) is 78.4 Å². The first-order valence-electron chi connectivity index (χ1n) is 7.40. The van der Waals surface area contributed by atoms with E-state index in [2.05, 4.69) is 20.5 Å². The van der Waals surface area contributed by atoms with E-state index in [1.54, 1.807) is 6.20 Å². The lowest BCUT2D eigenvalue weighted by Gasteiger charge is -2.07. The van der Waals surface area contributed by atoms with Crippen molar-refractivity contribution >= 4 is 16.5 Å². The Morgan fingerprint density at radius 2 is 2.08 bits per heavy atom. The zero-order valence-electron chi connectivity index (χ0n) is 12.6. The molecule has 24 heavy (non-hydrogen) atoms. The summed E-state index contributed by atoms with van der Waals surface area (Å²) in [6.07, 6.45) is 1.74. The number of nitrogens with one attached hydrogen (secondary N) is 1. The molecule has 1 aromatic carbocycles. The van der Waals surface area contributed by atoms with Gasteiger partial charge in [-0.3, -0.25) is 4.98 Å². The van der Waals surface area contributed by atoms with Crippen LogP contribution in [0.3, 0.4) is 0 Å². The molecule has 0 bridgehead atoms. The van der Waals surface area contributed by atoms with Crippen LogP contribution in [-0.2, 0) is 0 Å². The van der Waals surface area contributed by atoms with Gasteiger partial charge in [-0.05, 0) is 24.3 Å². The number of hydrogen-bond donors (Lipinski definition) is 1. The second-order valence-corrected chi connectivity index (χ2v) is 5.90. The lowest BCUT2D eigenvalue weighted by atomic mass is 10.3. The van der Waals surface area contributed by atoms with Crippen LogP contribution in [0.2, 0.25) is 0 Å². The van der Waals surface area contributed by atoms with Crippen molar-refractivity contribution < 1.29 is 14.2 Å². The number of aromatic nitrogens is 3. The van der Waals surface area contributed by atoms with Crippen LogP contribution in [0, 0.1) is 0 Å². The molecule has 3 aromatic rings. The molecular weight excluding hydrogens is 328 g/mol. The molecule has 0 saturated carbocycles. The maximum absolute atomic E-state index is 5.69. The maximum Gasteiger partial charge on any atom is 0.231 e. The molecule has 0 saturated heterocycles. The van der Waals surface area contributed by atoms with Gasteiger partial charge < -0.3 is 19.5 Å². The number of fused-ring (bicyclic) bond motifs is 1. The average Bonchev–Trinajstić information content (AvgIpc) is 3.28. The standard InChI is InChI=1S/C16H14N4O3S/c1-2-6-17-12(3-1)15-19-20-16(24-15)18-7-8-21-11-4-5-13-14(9-11)23-10-22-13/h1-6,9H,7-8,10H2,(H,18,20). The molecule has 0 amide bonds. The molecule has 1 aliphatic heterocycles. The number of benzene rings is 1. The van der Waals surface area contributed by atoms with Crippen LogP contribution in [0.15, 0.2) is 42.6 Å². The number of ether oxygens (including phenoxy) is 3. The van der Waals surface area contributed by atoms with Crippen molar-refractivity contribution in [1.29, 1.82) is 0 Å². The number of nitrogens with zero attached hydrogens (tertiary/aromatic N) is 3. The van der Waals surface area contributed by atoms with Crippen LogP contribution in [-0.4, -0.2) is 35.1 Å². The van der Waals surface area contributed by atoms with Crippen molar-refractivity contribution in [3.63, 3.8) is 0 Å². The molecule has 4 rings (SSSR count). The summed E-state index contributed by atoms with van der Waals surface area (Å²) in [5, 5.41) is 13.0. The summed E-state index contributed by atoms with van der Waals surface area (Å²) in [5.41, 5.74) is 0.819. The van der Waals surface area contributed by atoms with Gasteiger partial charge in [0.2, 0.25) is 11.9 Å². The summed E-state index contributed by atoms with van der Waals surface area (Å²) >= 11 is 1.46. The number of rotatable bonds is 6. The van der Waals surface area contributed by atoms with E-state index in [1.807, 2.05) is 36.4 Å². The number of anilines is 1. The van der Waals surface area contributed by atoms with Gasteiger partial charge in [-0.25, -0.2) is 0 Å². The Morgan fingerprint density at radius 3 is 3.00 bits per heavy atom. The van der Waals surface area contributed by atoms with Crippen molar-refractivity contribution in [2.24, 2.45) is 0 Å². The van der Waals surface area contributed by atoms with E-state index in [1.165, 1.54) is 11.3 Å². The van der Waals surface area contributed by atoms with E-state index in [9.17, 15) is 0 Å². The van der Waals surface area contributed by atoms with Crippen LogP contribution in [0.25, 0.3) is 10.7 Å². The summed E-state index contributed by atoms with van der Waals surface area (Å²) in [6.45, 7) is 1.37. The normalized spacial score (nSPS) is 12.2. The summed E-state index contributed by atoms with van der Waals surface area (Å²) < 4.78 is 16.3. The minimum Gasteiger partial charge on any atom is -0.492 e. The molecule has 1 aliphatic rings. The van der Waals surface area contributed by atoms with Gasteiger partial charge in [0.25, 0.3) is 0 Å². The zero-order valence-corrected chi connectivity index (χ0v) is 13.5. The van der Waals surface area contributed by atoms with E-state index in [0.717, 1.165) is 27.3 Å². The second kappa shape index (κ2) is 6.71. The number of hydrogen-bond acceptors (Lipinski definition) is 8. The van der Waals surface area contributed by atoms with Crippen LogP contribution in [0.5, 0.6) is 17.2 Å². The highest BCUT2D eigenvalue weighted by atomic mass is 32.1. The summed E-state index contributed by atoms with van der Waals surface area (Å²) in [7, 11) is 0. The minimum atomic E-state index is 0.260. The highest BCUT2D eigenvalue weighted by Gasteiger charge is 2.13. The van der Waals surface area contributed by atoms with Gasteiger partial charge in [-0.1, -0.05) is 17.4 Å².